The van der Waals surface area contributed by atoms with E-state index in [-0.39, 0.29) is 0 Å². The minimum atomic E-state index is 0.819. The van der Waals surface area contributed by atoms with Gasteiger partial charge in [0.15, 0.2) is 5.16 Å². The first kappa shape index (κ1) is 15.0. The van der Waals surface area contributed by atoms with E-state index in [0.717, 1.165) is 36.1 Å². The second kappa shape index (κ2) is 7.41. The lowest BCUT2D eigenvalue weighted by Gasteiger charge is -2.05. The van der Waals surface area contributed by atoms with Crippen LogP contribution in [0, 0.1) is 13.8 Å². The molecule has 0 aliphatic heterocycles. The Bertz CT molecular complexity index is 532. The zero-order chi connectivity index (χ0) is 14.4. The van der Waals surface area contributed by atoms with Crippen LogP contribution in [0.5, 0.6) is 0 Å². The fraction of sp³-hybridized carbons (Fsp3) is 0.375. The van der Waals surface area contributed by atoms with Crippen molar-refractivity contribution in [3.63, 3.8) is 0 Å². The van der Waals surface area contributed by atoms with Crippen molar-refractivity contribution in [2.75, 3.05) is 6.54 Å². The van der Waals surface area contributed by atoms with Crippen LogP contribution >= 0.6 is 11.8 Å². The standard InChI is InChI=1S/C16H21N3S/c1-4-9-17-11-14-5-7-15(8-6-14)20-16-18-12(2)10-13(3)19-16/h5-8,10,17H,4,9,11H2,1-3H3. The molecule has 3 nitrogen and oxygen atoms in total. The molecule has 0 saturated heterocycles. The highest BCUT2D eigenvalue weighted by Gasteiger charge is 2.03. The van der Waals surface area contributed by atoms with Crippen molar-refractivity contribution in [1.29, 1.82) is 0 Å². The molecule has 1 aromatic heterocycles. The van der Waals surface area contributed by atoms with Crippen molar-refractivity contribution in [3.8, 4) is 0 Å². The summed E-state index contributed by atoms with van der Waals surface area (Å²) in [6, 6.07) is 10.6. The third-order valence-electron chi connectivity index (χ3n) is 2.85. The molecular formula is C16H21N3S. The van der Waals surface area contributed by atoms with Gasteiger partial charge in [-0.2, -0.15) is 0 Å². The Morgan fingerprint density at radius 1 is 1.05 bits per heavy atom. The molecule has 1 heterocycles. The Morgan fingerprint density at radius 3 is 2.30 bits per heavy atom. The van der Waals surface area contributed by atoms with Crippen LogP contribution in [0.2, 0.25) is 0 Å². The van der Waals surface area contributed by atoms with Crippen LogP contribution in [-0.4, -0.2) is 16.5 Å². The molecule has 2 rings (SSSR count). The van der Waals surface area contributed by atoms with Crippen molar-refractivity contribution in [3.05, 3.63) is 47.3 Å². The van der Waals surface area contributed by atoms with Gasteiger partial charge in [-0.3, -0.25) is 0 Å². The highest BCUT2D eigenvalue weighted by Crippen LogP contribution is 2.25. The monoisotopic (exact) mass is 287 g/mol. The summed E-state index contributed by atoms with van der Waals surface area (Å²) in [4.78, 5) is 10.1. The largest absolute Gasteiger partial charge is 0.313 e. The summed E-state index contributed by atoms with van der Waals surface area (Å²) in [7, 11) is 0. The summed E-state index contributed by atoms with van der Waals surface area (Å²) in [6.07, 6.45) is 1.16. The van der Waals surface area contributed by atoms with Gasteiger partial charge in [-0.25, -0.2) is 9.97 Å². The molecular weight excluding hydrogens is 266 g/mol. The van der Waals surface area contributed by atoms with Gasteiger partial charge in [0.25, 0.3) is 0 Å². The van der Waals surface area contributed by atoms with Gasteiger partial charge in [-0.1, -0.05) is 19.1 Å². The van der Waals surface area contributed by atoms with Crippen LogP contribution in [0.3, 0.4) is 0 Å². The normalized spacial score (nSPS) is 10.8. The first-order chi connectivity index (χ1) is 9.67. The van der Waals surface area contributed by atoms with Gasteiger partial charge in [0.1, 0.15) is 0 Å². The van der Waals surface area contributed by atoms with Crippen molar-refractivity contribution in [2.45, 2.75) is 43.8 Å². The highest BCUT2D eigenvalue weighted by atomic mass is 32.2. The molecule has 0 fully saturated rings. The van der Waals surface area contributed by atoms with Gasteiger partial charge < -0.3 is 5.32 Å². The van der Waals surface area contributed by atoms with Crippen molar-refractivity contribution < 1.29 is 0 Å². The summed E-state index contributed by atoms with van der Waals surface area (Å²) in [5.41, 5.74) is 3.34. The van der Waals surface area contributed by atoms with Crippen LogP contribution in [0.1, 0.15) is 30.3 Å². The SMILES string of the molecule is CCCNCc1ccc(Sc2nc(C)cc(C)n2)cc1. The van der Waals surface area contributed by atoms with E-state index in [9.17, 15) is 0 Å². The molecule has 0 unspecified atom stereocenters. The van der Waals surface area contributed by atoms with Crippen molar-refractivity contribution >= 4 is 11.8 Å². The molecule has 106 valence electrons. The van der Waals surface area contributed by atoms with Crippen LogP contribution in [0.25, 0.3) is 0 Å². The van der Waals surface area contributed by atoms with E-state index in [0.29, 0.717) is 0 Å². The average Bonchev–Trinajstić information content (AvgIpc) is 2.40. The third kappa shape index (κ3) is 4.62. The second-order valence-corrected chi connectivity index (χ2v) is 5.90. The summed E-state index contributed by atoms with van der Waals surface area (Å²) in [5.74, 6) is 0. The minimum Gasteiger partial charge on any atom is -0.313 e. The minimum absolute atomic E-state index is 0.819. The Balaban J connectivity index is 1.99. The van der Waals surface area contributed by atoms with Gasteiger partial charge in [0.05, 0.1) is 0 Å². The summed E-state index contributed by atoms with van der Waals surface area (Å²) in [5, 5.41) is 4.22. The molecule has 0 spiro atoms. The van der Waals surface area contributed by atoms with Gasteiger partial charge in [-0.05, 0) is 62.3 Å². The molecule has 0 bridgehead atoms. The Morgan fingerprint density at radius 2 is 1.70 bits per heavy atom. The number of nitrogens with one attached hydrogen (secondary N) is 1. The van der Waals surface area contributed by atoms with Crippen LogP contribution < -0.4 is 5.32 Å². The summed E-state index contributed by atoms with van der Waals surface area (Å²) in [6.45, 7) is 8.17. The quantitative estimate of drug-likeness (QED) is 0.648. The Kier molecular flexibility index (Phi) is 5.56. The van der Waals surface area contributed by atoms with Gasteiger partial charge >= 0.3 is 0 Å². The van der Waals surface area contributed by atoms with E-state index >= 15 is 0 Å². The number of hydrogen-bond donors (Lipinski definition) is 1. The molecule has 2 aromatic rings. The Labute approximate surface area is 125 Å². The molecule has 0 radical (unpaired) electrons. The van der Waals surface area contributed by atoms with E-state index in [2.05, 4.69) is 46.5 Å². The van der Waals surface area contributed by atoms with E-state index in [1.807, 2.05) is 19.9 Å². The molecule has 4 heteroatoms. The maximum atomic E-state index is 4.45. The number of nitrogens with zero attached hydrogens (tertiary/aromatic N) is 2. The lowest BCUT2D eigenvalue weighted by Crippen LogP contribution is -2.13. The smallest absolute Gasteiger partial charge is 0.192 e. The van der Waals surface area contributed by atoms with Crippen LogP contribution in [0.4, 0.5) is 0 Å². The lowest BCUT2D eigenvalue weighted by atomic mass is 10.2. The molecule has 1 N–H and O–H groups in total. The fourth-order valence-corrected chi connectivity index (χ4v) is 2.79. The van der Waals surface area contributed by atoms with Crippen LogP contribution in [0.15, 0.2) is 40.4 Å². The maximum Gasteiger partial charge on any atom is 0.192 e. The highest BCUT2D eigenvalue weighted by molar-refractivity contribution is 7.99. The van der Waals surface area contributed by atoms with Crippen molar-refractivity contribution in [2.24, 2.45) is 0 Å². The lowest BCUT2D eigenvalue weighted by molar-refractivity contribution is 0.675. The molecule has 0 saturated carbocycles. The van der Waals surface area contributed by atoms with E-state index < -0.39 is 0 Å². The predicted molar refractivity (Wildman–Crippen MR) is 84.1 cm³/mol. The number of hydrogen-bond acceptors (Lipinski definition) is 4. The van der Waals surface area contributed by atoms with E-state index in [1.165, 1.54) is 10.5 Å². The second-order valence-electron chi connectivity index (χ2n) is 4.86. The third-order valence-corrected chi connectivity index (χ3v) is 3.72. The fourth-order valence-electron chi connectivity index (χ4n) is 1.93. The topological polar surface area (TPSA) is 37.8 Å². The summed E-state index contributed by atoms with van der Waals surface area (Å²) < 4.78 is 0. The number of benzene rings is 1. The molecule has 0 aliphatic rings. The zero-order valence-corrected chi connectivity index (χ0v) is 13.1. The first-order valence-corrected chi connectivity index (χ1v) is 7.79. The molecule has 20 heavy (non-hydrogen) atoms. The predicted octanol–water partition coefficient (Wildman–Crippen LogP) is 3.74. The molecule has 0 amide bonds. The van der Waals surface area contributed by atoms with Crippen molar-refractivity contribution in [1.82, 2.24) is 15.3 Å². The number of rotatable bonds is 6. The van der Waals surface area contributed by atoms with Crippen LogP contribution in [-0.2, 0) is 6.54 Å². The summed E-state index contributed by atoms with van der Waals surface area (Å²) >= 11 is 1.61. The maximum absolute atomic E-state index is 4.45. The molecule has 1 aromatic carbocycles. The first-order valence-electron chi connectivity index (χ1n) is 6.97. The van der Waals surface area contributed by atoms with E-state index in [1.54, 1.807) is 11.8 Å². The average molecular weight is 287 g/mol. The van der Waals surface area contributed by atoms with Gasteiger partial charge in [0, 0.05) is 22.8 Å². The number of aromatic nitrogens is 2. The molecule has 0 aliphatic carbocycles. The van der Waals surface area contributed by atoms with Gasteiger partial charge in [-0.15, -0.1) is 0 Å². The number of aryl methyl sites for hydroxylation is 2. The van der Waals surface area contributed by atoms with E-state index in [4.69, 9.17) is 0 Å². The Hall–Kier alpha value is -1.39. The zero-order valence-electron chi connectivity index (χ0n) is 12.3. The van der Waals surface area contributed by atoms with Gasteiger partial charge in [0.2, 0.25) is 0 Å². The molecule has 0 atom stereocenters.